The van der Waals surface area contributed by atoms with Gasteiger partial charge in [0, 0.05) is 37.9 Å². The Morgan fingerprint density at radius 1 is 1.00 bits per heavy atom. The number of H-pyrrole nitrogens is 1. The number of amides is 2. The van der Waals surface area contributed by atoms with E-state index in [9.17, 15) is 9.59 Å². The van der Waals surface area contributed by atoms with Crippen LogP contribution in [0.4, 0.5) is 0 Å². The molecule has 2 N–H and O–H groups in total. The SMILES string of the molecule is CC(C(=O)NC1CCCCC1)N(C(=O)c1ccc(-c2ccccc2)[nH]1)N1CCN(C)CC1. The van der Waals surface area contributed by atoms with Gasteiger partial charge in [-0.3, -0.25) is 14.6 Å². The van der Waals surface area contributed by atoms with E-state index in [-0.39, 0.29) is 17.9 Å². The van der Waals surface area contributed by atoms with Crippen LogP contribution in [0.3, 0.4) is 0 Å². The molecule has 0 radical (unpaired) electrons. The average Bonchev–Trinajstić information content (AvgIpc) is 3.32. The second-order valence-corrected chi connectivity index (χ2v) is 9.08. The fourth-order valence-corrected chi connectivity index (χ4v) is 4.67. The quantitative estimate of drug-likeness (QED) is 0.728. The Bertz CT molecular complexity index is 898. The van der Waals surface area contributed by atoms with Gasteiger partial charge in [-0.2, -0.15) is 0 Å². The molecule has 1 unspecified atom stereocenters. The Kier molecular flexibility index (Phi) is 7.27. The molecule has 1 atom stereocenters. The largest absolute Gasteiger partial charge is 0.352 e. The second kappa shape index (κ2) is 10.3. The third kappa shape index (κ3) is 5.22. The minimum Gasteiger partial charge on any atom is -0.352 e. The van der Waals surface area contributed by atoms with E-state index >= 15 is 0 Å². The smallest absolute Gasteiger partial charge is 0.285 e. The topological polar surface area (TPSA) is 71.7 Å². The lowest BCUT2D eigenvalue weighted by molar-refractivity contribution is -0.134. The summed E-state index contributed by atoms with van der Waals surface area (Å²) < 4.78 is 0. The third-order valence-corrected chi connectivity index (χ3v) is 6.69. The molecule has 1 aliphatic carbocycles. The van der Waals surface area contributed by atoms with Crippen LogP contribution in [0.2, 0.25) is 0 Å². The van der Waals surface area contributed by atoms with Gasteiger partial charge in [-0.15, -0.1) is 0 Å². The molecule has 7 heteroatoms. The van der Waals surface area contributed by atoms with Crippen molar-refractivity contribution in [1.29, 1.82) is 0 Å². The number of rotatable bonds is 6. The van der Waals surface area contributed by atoms with E-state index in [1.165, 1.54) is 6.42 Å². The molecule has 1 aromatic carbocycles. The first-order valence-electron chi connectivity index (χ1n) is 11.8. The molecule has 2 fully saturated rings. The number of benzene rings is 1. The van der Waals surface area contributed by atoms with Crippen molar-refractivity contribution in [1.82, 2.24) is 25.2 Å². The van der Waals surface area contributed by atoms with E-state index in [0.29, 0.717) is 5.69 Å². The van der Waals surface area contributed by atoms with Crippen LogP contribution < -0.4 is 5.32 Å². The summed E-state index contributed by atoms with van der Waals surface area (Å²) in [5, 5.41) is 6.91. The van der Waals surface area contributed by atoms with Gasteiger partial charge in [-0.05, 0) is 44.5 Å². The molecule has 2 aromatic rings. The molecular formula is C25H35N5O2. The van der Waals surface area contributed by atoms with Crippen molar-refractivity contribution in [3.05, 3.63) is 48.2 Å². The normalized spacial score (nSPS) is 19.4. The minimum absolute atomic E-state index is 0.0704. The van der Waals surface area contributed by atoms with Crippen LogP contribution in [0.1, 0.15) is 49.5 Å². The molecule has 0 spiro atoms. The van der Waals surface area contributed by atoms with E-state index in [4.69, 9.17) is 0 Å². The van der Waals surface area contributed by atoms with Crippen molar-refractivity contribution >= 4 is 11.8 Å². The molecule has 1 aromatic heterocycles. The van der Waals surface area contributed by atoms with Crippen LogP contribution in [0.25, 0.3) is 11.3 Å². The molecule has 2 aliphatic rings. The molecule has 32 heavy (non-hydrogen) atoms. The van der Waals surface area contributed by atoms with Crippen LogP contribution in [-0.4, -0.2) is 77.0 Å². The fraction of sp³-hybridized carbons (Fsp3) is 0.520. The van der Waals surface area contributed by atoms with Crippen molar-refractivity contribution in [3.63, 3.8) is 0 Å². The first-order chi connectivity index (χ1) is 15.5. The Balaban J connectivity index is 1.54. The van der Waals surface area contributed by atoms with Crippen LogP contribution in [0.5, 0.6) is 0 Å². The van der Waals surface area contributed by atoms with E-state index in [1.807, 2.05) is 54.4 Å². The lowest BCUT2D eigenvalue weighted by Crippen LogP contribution is -2.61. The van der Waals surface area contributed by atoms with E-state index in [1.54, 1.807) is 5.01 Å². The zero-order chi connectivity index (χ0) is 22.5. The van der Waals surface area contributed by atoms with Gasteiger partial charge in [-0.25, -0.2) is 5.01 Å². The average molecular weight is 438 g/mol. The number of likely N-dealkylation sites (N-methyl/N-ethyl adjacent to an activating group) is 1. The lowest BCUT2D eigenvalue weighted by atomic mass is 9.95. The molecule has 0 bridgehead atoms. The Hall–Kier alpha value is -2.64. The summed E-state index contributed by atoms with van der Waals surface area (Å²) in [5.41, 5.74) is 2.42. The third-order valence-electron chi connectivity index (χ3n) is 6.69. The van der Waals surface area contributed by atoms with Crippen molar-refractivity contribution in [2.75, 3.05) is 33.2 Å². The highest BCUT2D eigenvalue weighted by atomic mass is 16.2. The van der Waals surface area contributed by atoms with Crippen molar-refractivity contribution in [2.45, 2.75) is 51.1 Å². The molecule has 172 valence electrons. The lowest BCUT2D eigenvalue weighted by Gasteiger charge is -2.42. The van der Waals surface area contributed by atoms with Gasteiger partial charge >= 0.3 is 0 Å². The first kappa shape index (κ1) is 22.6. The number of piperazine rings is 1. The molecule has 4 rings (SSSR count). The van der Waals surface area contributed by atoms with Crippen LogP contribution >= 0.6 is 0 Å². The van der Waals surface area contributed by atoms with Gasteiger partial charge < -0.3 is 15.2 Å². The number of hydrogen-bond acceptors (Lipinski definition) is 4. The van der Waals surface area contributed by atoms with Gasteiger partial charge in [0.1, 0.15) is 11.7 Å². The molecule has 2 heterocycles. The van der Waals surface area contributed by atoms with Crippen molar-refractivity contribution in [2.24, 2.45) is 0 Å². The summed E-state index contributed by atoms with van der Waals surface area (Å²) in [6.07, 6.45) is 5.61. The second-order valence-electron chi connectivity index (χ2n) is 9.08. The van der Waals surface area contributed by atoms with Crippen LogP contribution in [0.15, 0.2) is 42.5 Å². The Labute approximate surface area is 190 Å². The Morgan fingerprint density at radius 2 is 1.69 bits per heavy atom. The molecule has 7 nitrogen and oxygen atoms in total. The molecule has 1 saturated carbocycles. The number of aromatic nitrogens is 1. The van der Waals surface area contributed by atoms with Crippen molar-refractivity contribution in [3.8, 4) is 11.3 Å². The monoisotopic (exact) mass is 437 g/mol. The summed E-state index contributed by atoms with van der Waals surface area (Å²) >= 11 is 0. The predicted molar refractivity (Wildman–Crippen MR) is 126 cm³/mol. The molecule has 1 aliphatic heterocycles. The number of carbonyl (C=O) groups is 2. The van der Waals surface area contributed by atoms with E-state index in [0.717, 1.165) is 63.1 Å². The number of aromatic amines is 1. The highest BCUT2D eigenvalue weighted by Crippen LogP contribution is 2.22. The highest BCUT2D eigenvalue weighted by molar-refractivity contribution is 5.96. The summed E-state index contributed by atoms with van der Waals surface area (Å²) in [6.45, 7) is 5.00. The van der Waals surface area contributed by atoms with Gasteiger partial charge in [0.2, 0.25) is 5.91 Å². The summed E-state index contributed by atoms with van der Waals surface area (Å²) in [6, 6.07) is 13.3. The zero-order valence-electron chi connectivity index (χ0n) is 19.2. The number of hydrazine groups is 1. The maximum Gasteiger partial charge on any atom is 0.285 e. The van der Waals surface area contributed by atoms with Gasteiger partial charge in [0.05, 0.1) is 0 Å². The number of nitrogens with zero attached hydrogens (tertiary/aromatic N) is 3. The Morgan fingerprint density at radius 3 is 2.38 bits per heavy atom. The van der Waals surface area contributed by atoms with Gasteiger partial charge in [0.25, 0.3) is 5.91 Å². The predicted octanol–water partition coefficient (Wildman–Crippen LogP) is 3.12. The number of hydrogen-bond donors (Lipinski definition) is 2. The highest BCUT2D eigenvalue weighted by Gasteiger charge is 2.34. The first-order valence-corrected chi connectivity index (χ1v) is 11.8. The maximum atomic E-state index is 13.7. The van der Waals surface area contributed by atoms with Gasteiger partial charge in [0.15, 0.2) is 0 Å². The zero-order valence-corrected chi connectivity index (χ0v) is 19.2. The molecule has 1 saturated heterocycles. The maximum absolute atomic E-state index is 13.7. The van der Waals surface area contributed by atoms with E-state index < -0.39 is 6.04 Å². The fourth-order valence-electron chi connectivity index (χ4n) is 4.67. The summed E-state index contributed by atoms with van der Waals surface area (Å²) in [5.74, 6) is -0.234. The van der Waals surface area contributed by atoms with Crippen molar-refractivity contribution < 1.29 is 9.59 Å². The minimum atomic E-state index is -0.573. The summed E-state index contributed by atoms with van der Waals surface area (Å²) in [4.78, 5) is 32.4. The number of carbonyl (C=O) groups excluding carboxylic acids is 2. The van der Waals surface area contributed by atoms with Crippen LogP contribution in [0, 0.1) is 0 Å². The van der Waals surface area contributed by atoms with Crippen LogP contribution in [-0.2, 0) is 4.79 Å². The van der Waals surface area contributed by atoms with Gasteiger partial charge in [-0.1, -0.05) is 49.6 Å². The molecular weight excluding hydrogens is 402 g/mol. The van der Waals surface area contributed by atoms with E-state index in [2.05, 4.69) is 22.2 Å². The summed E-state index contributed by atoms with van der Waals surface area (Å²) in [7, 11) is 2.08. The molecule has 2 amide bonds. The standard InChI is InChI=1S/C25H35N5O2/c1-19(24(31)26-21-11-7-4-8-12-21)30(29-17-15-28(2)16-18-29)25(32)23-14-13-22(27-23)20-9-5-3-6-10-20/h3,5-6,9-10,13-14,19,21,27H,4,7-8,11-12,15-18H2,1-2H3,(H,26,31). The number of nitrogens with one attached hydrogen (secondary N) is 2.